The van der Waals surface area contributed by atoms with Crippen molar-refractivity contribution in [2.75, 3.05) is 19.0 Å². The standard InChI is InChI=1S/C13H16FNO/c1-9(16)13(6-7-13)11-5-4-10(14)8-12(11)15(2)3/h4-5,8H,6-7H2,1-3H3. The second-order valence-electron chi connectivity index (χ2n) is 4.69. The minimum Gasteiger partial charge on any atom is -0.377 e. The average molecular weight is 221 g/mol. The topological polar surface area (TPSA) is 20.3 Å². The SMILES string of the molecule is CC(=O)C1(c2ccc(F)cc2N(C)C)CC1. The van der Waals surface area contributed by atoms with Crippen molar-refractivity contribution >= 4 is 11.5 Å². The van der Waals surface area contributed by atoms with Crippen molar-refractivity contribution in [2.45, 2.75) is 25.2 Å². The smallest absolute Gasteiger partial charge is 0.140 e. The molecule has 0 atom stereocenters. The number of hydrogen-bond acceptors (Lipinski definition) is 2. The lowest BCUT2D eigenvalue weighted by atomic mass is 9.90. The fourth-order valence-corrected chi connectivity index (χ4v) is 2.22. The van der Waals surface area contributed by atoms with E-state index in [0.717, 1.165) is 24.1 Å². The Morgan fingerprint density at radius 3 is 2.44 bits per heavy atom. The van der Waals surface area contributed by atoms with Crippen LogP contribution in [0, 0.1) is 5.82 Å². The van der Waals surface area contributed by atoms with E-state index >= 15 is 0 Å². The van der Waals surface area contributed by atoms with Gasteiger partial charge in [-0.15, -0.1) is 0 Å². The lowest BCUT2D eigenvalue weighted by Gasteiger charge is -2.22. The fourth-order valence-electron chi connectivity index (χ4n) is 2.22. The molecule has 0 radical (unpaired) electrons. The van der Waals surface area contributed by atoms with Gasteiger partial charge in [-0.05, 0) is 37.5 Å². The van der Waals surface area contributed by atoms with Gasteiger partial charge < -0.3 is 4.90 Å². The molecule has 1 aromatic rings. The number of hydrogen-bond donors (Lipinski definition) is 0. The number of Topliss-reactive ketones (excluding diaryl/α,β-unsaturated/α-hetero) is 1. The number of nitrogens with zero attached hydrogens (tertiary/aromatic N) is 1. The lowest BCUT2D eigenvalue weighted by Crippen LogP contribution is -2.22. The van der Waals surface area contributed by atoms with Gasteiger partial charge in [0, 0.05) is 19.8 Å². The molecule has 0 spiro atoms. The van der Waals surface area contributed by atoms with E-state index in [1.807, 2.05) is 19.0 Å². The maximum absolute atomic E-state index is 13.2. The Hall–Kier alpha value is -1.38. The first-order valence-corrected chi connectivity index (χ1v) is 5.46. The molecule has 0 aromatic heterocycles. The molecule has 86 valence electrons. The van der Waals surface area contributed by atoms with Crippen molar-refractivity contribution in [3.8, 4) is 0 Å². The van der Waals surface area contributed by atoms with Crippen molar-refractivity contribution in [3.63, 3.8) is 0 Å². The Morgan fingerprint density at radius 1 is 1.38 bits per heavy atom. The fraction of sp³-hybridized carbons (Fsp3) is 0.462. The number of carbonyl (C=O) groups is 1. The van der Waals surface area contributed by atoms with Crippen LogP contribution < -0.4 is 4.90 Å². The first-order chi connectivity index (χ1) is 7.47. The van der Waals surface area contributed by atoms with Crippen molar-refractivity contribution < 1.29 is 9.18 Å². The predicted octanol–water partition coefficient (Wildman–Crippen LogP) is 2.51. The molecule has 1 fully saturated rings. The minimum atomic E-state index is -0.340. The van der Waals surface area contributed by atoms with Gasteiger partial charge in [-0.25, -0.2) is 4.39 Å². The first kappa shape index (κ1) is 11.1. The Balaban J connectivity index is 2.53. The molecular formula is C13H16FNO. The zero-order chi connectivity index (χ0) is 11.9. The van der Waals surface area contributed by atoms with Gasteiger partial charge in [-0.3, -0.25) is 4.79 Å². The van der Waals surface area contributed by atoms with Crippen LogP contribution >= 0.6 is 0 Å². The Kier molecular flexibility index (Phi) is 2.49. The molecule has 16 heavy (non-hydrogen) atoms. The van der Waals surface area contributed by atoms with Gasteiger partial charge in [0.05, 0.1) is 5.41 Å². The van der Waals surface area contributed by atoms with Gasteiger partial charge in [0.15, 0.2) is 0 Å². The molecule has 1 aromatic carbocycles. The molecule has 0 amide bonds. The summed E-state index contributed by atoms with van der Waals surface area (Å²) in [5.41, 5.74) is 1.44. The molecule has 1 aliphatic carbocycles. The van der Waals surface area contributed by atoms with E-state index in [9.17, 15) is 9.18 Å². The summed E-state index contributed by atoms with van der Waals surface area (Å²) in [6.45, 7) is 1.62. The molecule has 0 aliphatic heterocycles. The second kappa shape index (κ2) is 3.58. The Labute approximate surface area is 95.1 Å². The van der Waals surface area contributed by atoms with E-state index in [0.29, 0.717) is 0 Å². The van der Waals surface area contributed by atoms with E-state index in [1.54, 1.807) is 13.0 Å². The minimum absolute atomic E-state index is 0.183. The number of benzene rings is 1. The summed E-state index contributed by atoms with van der Waals surface area (Å²) in [6, 6.07) is 4.68. The van der Waals surface area contributed by atoms with Crippen molar-refractivity contribution in [1.29, 1.82) is 0 Å². The lowest BCUT2D eigenvalue weighted by molar-refractivity contribution is -0.119. The van der Waals surface area contributed by atoms with Gasteiger partial charge in [-0.2, -0.15) is 0 Å². The van der Waals surface area contributed by atoms with E-state index in [1.165, 1.54) is 12.1 Å². The summed E-state index contributed by atoms with van der Waals surface area (Å²) in [5, 5.41) is 0. The molecular weight excluding hydrogens is 205 g/mol. The van der Waals surface area contributed by atoms with Gasteiger partial charge >= 0.3 is 0 Å². The van der Waals surface area contributed by atoms with Crippen LogP contribution in [0.3, 0.4) is 0 Å². The van der Waals surface area contributed by atoms with E-state index in [2.05, 4.69) is 0 Å². The number of carbonyl (C=O) groups excluding carboxylic acids is 1. The number of rotatable bonds is 3. The molecule has 2 rings (SSSR count). The van der Waals surface area contributed by atoms with Gasteiger partial charge in [-0.1, -0.05) is 6.07 Å². The molecule has 0 bridgehead atoms. The highest BCUT2D eigenvalue weighted by molar-refractivity contribution is 5.93. The molecule has 0 unspecified atom stereocenters. The normalized spacial score (nSPS) is 17.0. The molecule has 0 saturated heterocycles. The van der Waals surface area contributed by atoms with Crippen molar-refractivity contribution in [2.24, 2.45) is 0 Å². The highest BCUT2D eigenvalue weighted by Crippen LogP contribution is 2.51. The van der Waals surface area contributed by atoms with Gasteiger partial charge in [0.1, 0.15) is 11.6 Å². The van der Waals surface area contributed by atoms with Crippen LogP contribution in [0.4, 0.5) is 10.1 Å². The van der Waals surface area contributed by atoms with Crippen LogP contribution in [0.25, 0.3) is 0 Å². The van der Waals surface area contributed by atoms with Gasteiger partial charge in [0.2, 0.25) is 0 Å². The average Bonchev–Trinajstić information content (AvgIpc) is 2.98. The molecule has 1 saturated carbocycles. The molecule has 0 heterocycles. The maximum Gasteiger partial charge on any atom is 0.140 e. The predicted molar refractivity (Wildman–Crippen MR) is 62.3 cm³/mol. The maximum atomic E-state index is 13.2. The summed E-state index contributed by atoms with van der Waals surface area (Å²) in [7, 11) is 3.74. The summed E-state index contributed by atoms with van der Waals surface area (Å²) in [4.78, 5) is 13.5. The van der Waals surface area contributed by atoms with Crippen LogP contribution in [-0.4, -0.2) is 19.9 Å². The summed E-state index contributed by atoms with van der Waals surface area (Å²) in [6.07, 6.45) is 1.77. The van der Waals surface area contributed by atoms with Crippen LogP contribution in [0.1, 0.15) is 25.3 Å². The highest BCUT2D eigenvalue weighted by atomic mass is 19.1. The van der Waals surface area contributed by atoms with Gasteiger partial charge in [0.25, 0.3) is 0 Å². The molecule has 3 heteroatoms. The zero-order valence-corrected chi connectivity index (χ0v) is 9.88. The van der Waals surface area contributed by atoms with E-state index in [4.69, 9.17) is 0 Å². The third-order valence-corrected chi connectivity index (χ3v) is 3.38. The quantitative estimate of drug-likeness (QED) is 0.781. The second-order valence-corrected chi connectivity index (χ2v) is 4.69. The number of halogens is 1. The van der Waals surface area contributed by atoms with Crippen LogP contribution in [0.5, 0.6) is 0 Å². The van der Waals surface area contributed by atoms with Crippen LogP contribution in [0.2, 0.25) is 0 Å². The molecule has 0 N–H and O–H groups in total. The monoisotopic (exact) mass is 221 g/mol. The summed E-state index contributed by atoms with van der Waals surface area (Å²) in [5.74, 6) is -0.0750. The summed E-state index contributed by atoms with van der Waals surface area (Å²) >= 11 is 0. The largest absolute Gasteiger partial charge is 0.377 e. The third-order valence-electron chi connectivity index (χ3n) is 3.38. The van der Waals surface area contributed by atoms with E-state index < -0.39 is 0 Å². The van der Waals surface area contributed by atoms with Crippen molar-refractivity contribution in [1.82, 2.24) is 0 Å². The van der Waals surface area contributed by atoms with Crippen LogP contribution in [0.15, 0.2) is 18.2 Å². The molecule has 1 aliphatic rings. The number of anilines is 1. The Morgan fingerprint density at radius 2 is 2.00 bits per heavy atom. The number of ketones is 1. The van der Waals surface area contributed by atoms with Crippen molar-refractivity contribution in [3.05, 3.63) is 29.6 Å². The van der Waals surface area contributed by atoms with Crippen LogP contribution in [-0.2, 0) is 10.2 Å². The zero-order valence-electron chi connectivity index (χ0n) is 9.88. The first-order valence-electron chi connectivity index (χ1n) is 5.46. The third kappa shape index (κ3) is 1.60. The van der Waals surface area contributed by atoms with E-state index in [-0.39, 0.29) is 17.0 Å². The Bertz CT molecular complexity index is 436. The summed E-state index contributed by atoms with van der Waals surface area (Å²) < 4.78 is 13.2. The highest BCUT2D eigenvalue weighted by Gasteiger charge is 2.50. The molecule has 2 nitrogen and oxygen atoms in total.